The average molecular weight is 424 g/mol. The molecule has 1 atom stereocenters. The maximum Gasteiger partial charge on any atom is 0.350 e. The molecule has 0 fully saturated rings. The van der Waals surface area contributed by atoms with Gasteiger partial charge in [0.25, 0.3) is 0 Å². The smallest absolute Gasteiger partial charge is 0.350 e. The fraction of sp³-hybridized carbons (Fsp3) is 0.125. The zero-order valence-electron chi connectivity index (χ0n) is 15.8. The van der Waals surface area contributed by atoms with E-state index in [9.17, 15) is 4.79 Å². The van der Waals surface area contributed by atoms with Gasteiger partial charge in [0, 0.05) is 16.9 Å². The SMILES string of the molecule is CC1=C(c2ccccc2)OC(=O)C(Cl)(Cl)[C@@H]1N(c1ccccc1)c1ccccc1. The standard InChI is InChI=1S/C24H19Cl2NO2/c1-17-21(18-11-5-2-6-12-18)29-23(28)24(25,26)22(17)27(19-13-7-3-8-14-19)20-15-9-4-10-16-20/h2-16,22H,1H3/t22-/m1/s1. The molecule has 0 unspecified atom stereocenters. The van der Waals surface area contributed by atoms with Crippen molar-refractivity contribution in [3.05, 3.63) is 102 Å². The normalized spacial score (nSPS) is 18.3. The van der Waals surface area contributed by atoms with Gasteiger partial charge < -0.3 is 9.64 Å². The number of benzene rings is 3. The highest BCUT2D eigenvalue weighted by molar-refractivity contribution is 6.59. The molecule has 0 aliphatic carbocycles. The summed E-state index contributed by atoms with van der Waals surface area (Å²) in [4.78, 5) is 14.9. The number of rotatable bonds is 4. The van der Waals surface area contributed by atoms with Crippen LogP contribution in [0, 0.1) is 0 Å². The third-order valence-corrected chi connectivity index (χ3v) is 5.66. The van der Waals surface area contributed by atoms with Crippen LogP contribution < -0.4 is 4.90 Å². The topological polar surface area (TPSA) is 29.5 Å². The number of hydrogen-bond acceptors (Lipinski definition) is 3. The lowest BCUT2D eigenvalue weighted by Gasteiger charge is -2.43. The Morgan fingerprint density at radius 3 is 1.72 bits per heavy atom. The minimum Gasteiger partial charge on any atom is -0.424 e. The van der Waals surface area contributed by atoms with E-state index in [0.717, 1.165) is 22.5 Å². The third-order valence-electron chi connectivity index (χ3n) is 4.94. The number of anilines is 2. The summed E-state index contributed by atoms with van der Waals surface area (Å²) in [6, 6.07) is 28.3. The summed E-state index contributed by atoms with van der Waals surface area (Å²) in [6.07, 6.45) is 0. The van der Waals surface area contributed by atoms with Crippen LogP contribution in [-0.4, -0.2) is 16.3 Å². The van der Waals surface area contributed by atoms with Gasteiger partial charge in [-0.15, -0.1) is 0 Å². The Bertz CT molecular complexity index is 995. The summed E-state index contributed by atoms with van der Waals surface area (Å²) in [6.45, 7) is 1.90. The van der Waals surface area contributed by atoms with E-state index in [1.165, 1.54) is 0 Å². The molecule has 0 aromatic heterocycles. The lowest BCUT2D eigenvalue weighted by molar-refractivity contribution is -0.138. The largest absolute Gasteiger partial charge is 0.424 e. The van der Waals surface area contributed by atoms with Crippen molar-refractivity contribution in [3.63, 3.8) is 0 Å². The minimum atomic E-state index is -1.78. The van der Waals surface area contributed by atoms with Crippen LogP contribution in [0.15, 0.2) is 96.6 Å². The Balaban J connectivity index is 1.95. The lowest BCUT2D eigenvalue weighted by Crippen LogP contribution is -2.53. The molecule has 0 saturated heterocycles. The molecule has 1 heterocycles. The second-order valence-corrected chi connectivity index (χ2v) is 8.22. The quantitative estimate of drug-likeness (QED) is 0.361. The number of halogens is 2. The van der Waals surface area contributed by atoms with Gasteiger partial charge >= 0.3 is 5.97 Å². The van der Waals surface area contributed by atoms with Crippen molar-refractivity contribution in [1.29, 1.82) is 0 Å². The summed E-state index contributed by atoms with van der Waals surface area (Å²) in [5, 5.41) is 0. The molecule has 0 spiro atoms. The molecule has 0 amide bonds. The first kappa shape index (κ1) is 19.6. The highest BCUT2D eigenvalue weighted by Crippen LogP contribution is 2.46. The van der Waals surface area contributed by atoms with Crippen LogP contribution in [0.25, 0.3) is 5.76 Å². The summed E-state index contributed by atoms with van der Waals surface area (Å²) in [7, 11) is 0. The highest BCUT2D eigenvalue weighted by Gasteiger charge is 2.53. The Kier molecular flexibility index (Phi) is 5.35. The number of carbonyl (C=O) groups excluding carboxylic acids is 1. The number of nitrogens with zero attached hydrogens (tertiary/aromatic N) is 1. The molecule has 0 radical (unpaired) electrons. The van der Waals surface area contributed by atoms with E-state index >= 15 is 0 Å². The number of carbonyl (C=O) groups is 1. The number of esters is 1. The Hall–Kier alpha value is -2.75. The molecule has 146 valence electrons. The van der Waals surface area contributed by atoms with Crippen molar-refractivity contribution in [2.45, 2.75) is 17.3 Å². The van der Waals surface area contributed by atoms with Gasteiger partial charge in [-0.1, -0.05) is 89.9 Å². The predicted octanol–water partition coefficient (Wildman–Crippen LogP) is 6.36. The van der Waals surface area contributed by atoms with E-state index in [-0.39, 0.29) is 0 Å². The fourth-order valence-corrected chi connectivity index (χ4v) is 4.20. The number of para-hydroxylation sites is 2. The average Bonchev–Trinajstić information content (AvgIpc) is 2.76. The van der Waals surface area contributed by atoms with E-state index in [1.54, 1.807) is 0 Å². The van der Waals surface area contributed by atoms with Crippen LogP contribution in [0.4, 0.5) is 11.4 Å². The predicted molar refractivity (Wildman–Crippen MR) is 118 cm³/mol. The molecule has 3 nitrogen and oxygen atoms in total. The second-order valence-electron chi connectivity index (χ2n) is 6.83. The van der Waals surface area contributed by atoms with Crippen molar-refractivity contribution >= 4 is 46.3 Å². The van der Waals surface area contributed by atoms with Crippen LogP contribution in [0.1, 0.15) is 12.5 Å². The zero-order chi connectivity index (χ0) is 20.4. The van der Waals surface area contributed by atoms with E-state index < -0.39 is 16.3 Å². The molecule has 0 N–H and O–H groups in total. The van der Waals surface area contributed by atoms with Gasteiger partial charge in [0.1, 0.15) is 11.8 Å². The zero-order valence-corrected chi connectivity index (χ0v) is 17.3. The molecule has 1 aliphatic rings. The second kappa shape index (κ2) is 7.94. The number of alkyl halides is 2. The summed E-state index contributed by atoms with van der Waals surface area (Å²) < 4.78 is 3.82. The van der Waals surface area contributed by atoms with E-state index in [2.05, 4.69) is 0 Å². The molecule has 0 bridgehead atoms. The molecular formula is C24H19Cl2NO2. The van der Waals surface area contributed by atoms with Crippen molar-refractivity contribution in [3.8, 4) is 0 Å². The molecular weight excluding hydrogens is 405 g/mol. The van der Waals surface area contributed by atoms with Crippen molar-refractivity contribution in [1.82, 2.24) is 0 Å². The molecule has 4 rings (SSSR count). The van der Waals surface area contributed by atoms with Gasteiger partial charge in [-0.2, -0.15) is 0 Å². The number of ether oxygens (including phenoxy) is 1. The van der Waals surface area contributed by atoms with E-state index in [4.69, 9.17) is 27.9 Å². The monoisotopic (exact) mass is 423 g/mol. The Morgan fingerprint density at radius 1 is 0.793 bits per heavy atom. The van der Waals surface area contributed by atoms with Gasteiger partial charge in [-0.05, 0) is 36.8 Å². The first-order valence-corrected chi connectivity index (χ1v) is 10.0. The van der Waals surface area contributed by atoms with Gasteiger partial charge in [-0.25, -0.2) is 4.79 Å². The number of cyclic esters (lactones) is 1. The molecule has 1 aliphatic heterocycles. The maximum absolute atomic E-state index is 12.9. The first-order chi connectivity index (χ1) is 14.0. The van der Waals surface area contributed by atoms with E-state index in [0.29, 0.717) is 5.76 Å². The molecule has 3 aromatic carbocycles. The van der Waals surface area contributed by atoms with Gasteiger partial charge in [0.2, 0.25) is 4.33 Å². The van der Waals surface area contributed by atoms with E-state index in [1.807, 2.05) is 103 Å². The third kappa shape index (κ3) is 3.64. The Labute approximate surface area is 180 Å². The van der Waals surface area contributed by atoms with Gasteiger partial charge in [0.15, 0.2) is 0 Å². The summed E-state index contributed by atoms with van der Waals surface area (Å²) in [5.74, 6) is -0.207. The first-order valence-electron chi connectivity index (χ1n) is 9.26. The minimum absolute atomic E-state index is 0.481. The molecule has 3 aromatic rings. The summed E-state index contributed by atoms with van der Waals surface area (Å²) >= 11 is 13.3. The number of hydrogen-bond donors (Lipinski definition) is 0. The summed E-state index contributed by atoms with van der Waals surface area (Å²) in [5.41, 5.74) is 3.31. The van der Waals surface area contributed by atoms with Crippen molar-refractivity contribution < 1.29 is 9.53 Å². The lowest BCUT2D eigenvalue weighted by atomic mass is 9.94. The van der Waals surface area contributed by atoms with Crippen molar-refractivity contribution in [2.75, 3.05) is 4.90 Å². The maximum atomic E-state index is 12.9. The van der Waals surface area contributed by atoms with Crippen molar-refractivity contribution in [2.24, 2.45) is 0 Å². The van der Waals surface area contributed by atoms with Crippen LogP contribution in [0.2, 0.25) is 0 Å². The van der Waals surface area contributed by atoms with Crippen LogP contribution in [0.3, 0.4) is 0 Å². The molecule has 5 heteroatoms. The van der Waals surface area contributed by atoms with Gasteiger partial charge in [0.05, 0.1) is 0 Å². The van der Waals surface area contributed by atoms with Gasteiger partial charge in [-0.3, -0.25) is 0 Å². The Morgan fingerprint density at radius 2 is 1.24 bits per heavy atom. The highest BCUT2D eigenvalue weighted by atomic mass is 35.5. The van der Waals surface area contributed by atoms with Crippen LogP contribution in [0.5, 0.6) is 0 Å². The van der Waals surface area contributed by atoms with Crippen LogP contribution in [-0.2, 0) is 9.53 Å². The molecule has 0 saturated carbocycles. The molecule has 29 heavy (non-hydrogen) atoms. The van der Waals surface area contributed by atoms with Crippen LogP contribution >= 0.6 is 23.2 Å². The fourth-order valence-electron chi connectivity index (χ4n) is 3.61.